The van der Waals surface area contributed by atoms with Crippen molar-refractivity contribution in [2.75, 3.05) is 0 Å². The summed E-state index contributed by atoms with van der Waals surface area (Å²) < 4.78 is 2.46. The van der Waals surface area contributed by atoms with E-state index in [0.717, 1.165) is 28.7 Å². The third-order valence-corrected chi connectivity index (χ3v) is 2.73. The Hall–Kier alpha value is -0.680. The van der Waals surface area contributed by atoms with Crippen molar-refractivity contribution in [3.8, 4) is 0 Å². The quantitative estimate of drug-likeness (QED) is 0.805. The summed E-state index contributed by atoms with van der Waals surface area (Å²) in [6.07, 6.45) is 3.24. The molecule has 1 aromatic rings. The molecule has 4 nitrogen and oxygen atoms in total. The van der Waals surface area contributed by atoms with Crippen LogP contribution in [0.3, 0.4) is 0 Å². The summed E-state index contributed by atoms with van der Waals surface area (Å²) in [5, 5.41) is 17.1. The standard InChI is InChI=1S/C8H10BrN3O/c1-12-7(8(9)10-11-12)5-2-3-6(13)4-5/h4,6,13H,2-3H2,1H3. The number of hydrogen-bond donors (Lipinski definition) is 1. The molecule has 0 aliphatic heterocycles. The monoisotopic (exact) mass is 243 g/mol. The van der Waals surface area contributed by atoms with Crippen molar-refractivity contribution in [3.63, 3.8) is 0 Å². The molecule has 0 fully saturated rings. The molecule has 1 heterocycles. The van der Waals surface area contributed by atoms with Crippen molar-refractivity contribution < 1.29 is 5.11 Å². The second kappa shape index (κ2) is 3.23. The van der Waals surface area contributed by atoms with Gasteiger partial charge in [0.15, 0.2) is 4.60 Å². The molecule has 2 rings (SSSR count). The van der Waals surface area contributed by atoms with Crippen molar-refractivity contribution in [3.05, 3.63) is 16.4 Å². The summed E-state index contributed by atoms with van der Waals surface area (Å²) in [6.45, 7) is 0. The Labute approximate surface area is 84.4 Å². The molecule has 5 heteroatoms. The van der Waals surface area contributed by atoms with Gasteiger partial charge >= 0.3 is 0 Å². The molecular formula is C8H10BrN3O. The third kappa shape index (κ3) is 1.53. The lowest BCUT2D eigenvalue weighted by Crippen LogP contribution is -1.96. The molecule has 1 atom stereocenters. The Morgan fingerprint density at radius 3 is 2.92 bits per heavy atom. The van der Waals surface area contributed by atoms with Crippen LogP contribution in [0.15, 0.2) is 10.7 Å². The Kier molecular flexibility index (Phi) is 2.21. The fraction of sp³-hybridized carbons (Fsp3) is 0.500. The number of hydrogen-bond acceptors (Lipinski definition) is 3. The summed E-state index contributed by atoms with van der Waals surface area (Å²) in [4.78, 5) is 0. The number of aromatic nitrogens is 3. The molecule has 1 N–H and O–H groups in total. The van der Waals surface area contributed by atoms with Gasteiger partial charge in [-0.3, -0.25) is 0 Å². The highest BCUT2D eigenvalue weighted by Crippen LogP contribution is 2.30. The van der Waals surface area contributed by atoms with Gasteiger partial charge in [-0.05, 0) is 34.3 Å². The van der Waals surface area contributed by atoms with E-state index < -0.39 is 0 Å². The van der Waals surface area contributed by atoms with E-state index >= 15 is 0 Å². The largest absolute Gasteiger partial charge is 0.389 e. The van der Waals surface area contributed by atoms with Gasteiger partial charge in [-0.1, -0.05) is 11.3 Å². The number of halogens is 1. The van der Waals surface area contributed by atoms with Gasteiger partial charge in [0.1, 0.15) is 0 Å². The first-order valence-electron chi connectivity index (χ1n) is 4.13. The van der Waals surface area contributed by atoms with Crippen molar-refractivity contribution in [1.82, 2.24) is 15.0 Å². The van der Waals surface area contributed by atoms with Gasteiger partial charge in [0.25, 0.3) is 0 Å². The zero-order valence-corrected chi connectivity index (χ0v) is 8.82. The Morgan fingerprint density at radius 2 is 2.46 bits per heavy atom. The van der Waals surface area contributed by atoms with Gasteiger partial charge in [0.05, 0.1) is 11.8 Å². The van der Waals surface area contributed by atoms with Crippen molar-refractivity contribution in [2.45, 2.75) is 18.9 Å². The van der Waals surface area contributed by atoms with Crippen LogP contribution in [-0.4, -0.2) is 26.2 Å². The van der Waals surface area contributed by atoms with E-state index in [2.05, 4.69) is 26.2 Å². The molecule has 0 bridgehead atoms. The Morgan fingerprint density at radius 1 is 1.69 bits per heavy atom. The molecule has 1 unspecified atom stereocenters. The van der Waals surface area contributed by atoms with Gasteiger partial charge in [0.2, 0.25) is 0 Å². The number of aryl methyl sites for hydroxylation is 1. The van der Waals surface area contributed by atoms with E-state index in [1.165, 1.54) is 0 Å². The molecule has 0 saturated heterocycles. The number of rotatable bonds is 1. The lowest BCUT2D eigenvalue weighted by Gasteiger charge is -2.00. The SMILES string of the molecule is Cn1nnc(Br)c1C1=CC(O)CC1. The first-order chi connectivity index (χ1) is 6.18. The topological polar surface area (TPSA) is 50.9 Å². The summed E-state index contributed by atoms with van der Waals surface area (Å²) in [5.41, 5.74) is 2.09. The van der Waals surface area contributed by atoms with Crippen molar-refractivity contribution in [1.29, 1.82) is 0 Å². The molecule has 0 amide bonds. The summed E-state index contributed by atoms with van der Waals surface area (Å²) in [7, 11) is 1.85. The number of allylic oxidation sites excluding steroid dienone is 1. The smallest absolute Gasteiger partial charge is 0.155 e. The second-order valence-corrected chi connectivity index (χ2v) is 3.90. The highest BCUT2D eigenvalue weighted by atomic mass is 79.9. The van der Waals surface area contributed by atoms with Gasteiger partial charge in [-0.25, -0.2) is 4.68 Å². The first-order valence-corrected chi connectivity index (χ1v) is 4.92. The van der Waals surface area contributed by atoms with Crippen LogP contribution in [0.5, 0.6) is 0 Å². The van der Waals surface area contributed by atoms with Crippen LogP contribution < -0.4 is 0 Å². The van der Waals surface area contributed by atoms with Crippen LogP contribution in [-0.2, 0) is 7.05 Å². The molecule has 1 aliphatic rings. The van der Waals surface area contributed by atoms with E-state index in [4.69, 9.17) is 0 Å². The van der Waals surface area contributed by atoms with Crippen LogP contribution in [0.2, 0.25) is 0 Å². The first kappa shape index (κ1) is 8.90. The second-order valence-electron chi connectivity index (χ2n) is 3.15. The maximum Gasteiger partial charge on any atom is 0.155 e. The predicted molar refractivity (Wildman–Crippen MR) is 51.9 cm³/mol. The summed E-state index contributed by atoms with van der Waals surface area (Å²) in [5.74, 6) is 0. The zero-order valence-electron chi connectivity index (χ0n) is 7.24. The molecule has 0 aromatic carbocycles. The van der Waals surface area contributed by atoms with Gasteiger partial charge in [-0.2, -0.15) is 0 Å². The van der Waals surface area contributed by atoms with Crippen LogP contribution in [0.1, 0.15) is 18.5 Å². The number of aliphatic hydroxyl groups excluding tert-OH is 1. The lowest BCUT2D eigenvalue weighted by molar-refractivity contribution is 0.223. The van der Waals surface area contributed by atoms with E-state index in [-0.39, 0.29) is 6.10 Å². The Bertz CT molecular complexity index is 339. The molecule has 70 valence electrons. The van der Waals surface area contributed by atoms with Gasteiger partial charge < -0.3 is 5.11 Å². The Balaban J connectivity index is 2.40. The predicted octanol–water partition coefficient (Wildman–Crippen LogP) is 1.12. The zero-order chi connectivity index (χ0) is 9.42. The van der Waals surface area contributed by atoms with E-state index in [0.29, 0.717) is 0 Å². The minimum atomic E-state index is -0.309. The molecule has 1 aliphatic carbocycles. The highest BCUT2D eigenvalue weighted by Gasteiger charge is 2.19. The van der Waals surface area contributed by atoms with Crippen LogP contribution >= 0.6 is 15.9 Å². The average Bonchev–Trinajstić information content (AvgIpc) is 2.60. The molecule has 0 saturated carbocycles. The van der Waals surface area contributed by atoms with Crippen molar-refractivity contribution >= 4 is 21.5 Å². The highest BCUT2D eigenvalue weighted by molar-refractivity contribution is 9.10. The van der Waals surface area contributed by atoms with Gasteiger partial charge in [-0.15, -0.1) is 5.10 Å². The van der Waals surface area contributed by atoms with Crippen LogP contribution in [0.4, 0.5) is 0 Å². The summed E-state index contributed by atoms with van der Waals surface area (Å²) >= 11 is 3.33. The fourth-order valence-electron chi connectivity index (χ4n) is 1.57. The minimum absolute atomic E-state index is 0.309. The number of nitrogens with zero attached hydrogens (tertiary/aromatic N) is 3. The average molecular weight is 244 g/mol. The van der Waals surface area contributed by atoms with Crippen LogP contribution in [0, 0.1) is 0 Å². The maximum absolute atomic E-state index is 9.34. The third-order valence-electron chi connectivity index (χ3n) is 2.19. The molecule has 13 heavy (non-hydrogen) atoms. The summed E-state index contributed by atoms with van der Waals surface area (Å²) in [6, 6.07) is 0. The normalized spacial score (nSPS) is 22.1. The van der Waals surface area contributed by atoms with Gasteiger partial charge in [0, 0.05) is 7.05 Å². The molecule has 0 spiro atoms. The maximum atomic E-state index is 9.34. The van der Waals surface area contributed by atoms with E-state index in [9.17, 15) is 5.11 Å². The minimum Gasteiger partial charge on any atom is -0.389 e. The molecule has 0 radical (unpaired) electrons. The molecule has 1 aromatic heterocycles. The molecular weight excluding hydrogens is 234 g/mol. The van der Waals surface area contributed by atoms with Crippen molar-refractivity contribution in [2.24, 2.45) is 7.05 Å². The van der Waals surface area contributed by atoms with Crippen LogP contribution in [0.25, 0.3) is 5.57 Å². The van der Waals surface area contributed by atoms with E-state index in [1.54, 1.807) is 4.68 Å². The fourth-order valence-corrected chi connectivity index (χ4v) is 2.15. The lowest BCUT2D eigenvalue weighted by atomic mass is 10.2. The number of aliphatic hydroxyl groups is 1. The van der Waals surface area contributed by atoms with E-state index in [1.807, 2.05) is 13.1 Å².